The molecule has 3 amide bonds. The molecule has 0 spiro atoms. The van der Waals surface area contributed by atoms with Crippen LogP contribution >= 0.6 is 78.3 Å². The Morgan fingerprint density at radius 2 is 1.58 bits per heavy atom. The van der Waals surface area contributed by atoms with Crippen molar-refractivity contribution in [1.29, 1.82) is 0 Å². The Morgan fingerprint density at radius 1 is 0.871 bits per heavy atom. The highest BCUT2D eigenvalue weighted by Gasteiger charge is 2.20. The van der Waals surface area contributed by atoms with Crippen molar-refractivity contribution in [2.45, 2.75) is 0 Å². The number of hydrogen-bond donors (Lipinski definition) is 2. The molecular formula is C20H10Br2Cl4N2O3. The number of carbonyl (C=O) groups is 2. The molecule has 3 aromatic carbocycles. The predicted octanol–water partition coefficient (Wildman–Crippen LogP) is 8.58. The molecule has 0 aliphatic carbocycles. The molecule has 3 aromatic rings. The largest absolute Gasteiger partial charge is 0.453 e. The number of anilines is 1. The SMILES string of the molecule is O=C(NC(=O)c1ccccc1Cl)Nc1cc(Cl)c(Oc2ccc(Br)cc2Br)c(Cl)c1Cl. The minimum absolute atomic E-state index is 0.0169. The first kappa shape index (κ1) is 24.2. The molecule has 0 aliphatic rings. The van der Waals surface area contributed by atoms with Crippen molar-refractivity contribution in [3.63, 3.8) is 0 Å². The van der Waals surface area contributed by atoms with Gasteiger partial charge in [-0.2, -0.15) is 0 Å². The number of halogens is 6. The van der Waals surface area contributed by atoms with Crippen LogP contribution in [0.2, 0.25) is 20.1 Å². The highest BCUT2D eigenvalue weighted by atomic mass is 79.9. The Balaban J connectivity index is 1.79. The number of carbonyl (C=O) groups excluding carboxylic acids is 2. The molecule has 0 saturated heterocycles. The molecule has 0 heterocycles. The maximum atomic E-state index is 12.3. The normalized spacial score (nSPS) is 10.5. The Bertz CT molecular complexity index is 1190. The van der Waals surface area contributed by atoms with Crippen molar-refractivity contribution in [3.05, 3.63) is 83.1 Å². The zero-order valence-corrected chi connectivity index (χ0v) is 21.3. The van der Waals surface area contributed by atoms with Gasteiger partial charge in [0, 0.05) is 4.47 Å². The Kier molecular flexibility index (Phi) is 8.13. The number of amides is 3. The van der Waals surface area contributed by atoms with Gasteiger partial charge >= 0.3 is 6.03 Å². The van der Waals surface area contributed by atoms with Gasteiger partial charge in [0.05, 0.1) is 30.8 Å². The molecule has 0 atom stereocenters. The van der Waals surface area contributed by atoms with Gasteiger partial charge in [-0.05, 0) is 52.3 Å². The van der Waals surface area contributed by atoms with Gasteiger partial charge in [-0.25, -0.2) is 4.79 Å². The van der Waals surface area contributed by atoms with Crippen LogP contribution in [-0.2, 0) is 0 Å². The Labute approximate surface area is 214 Å². The Hall–Kier alpha value is -1.48. The monoisotopic (exact) mass is 624 g/mol. The van der Waals surface area contributed by atoms with E-state index in [1.165, 1.54) is 18.2 Å². The van der Waals surface area contributed by atoms with E-state index in [0.717, 1.165) is 4.47 Å². The minimum Gasteiger partial charge on any atom is -0.453 e. The fourth-order valence-electron chi connectivity index (χ4n) is 2.40. The van der Waals surface area contributed by atoms with Gasteiger partial charge in [-0.15, -0.1) is 0 Å². The van der Waals surface area contributed by atoms with Gasteiger partial charge in [0.15, 0.2) is 5.75 Å². The van der Waals surface area contributed by atoms with Crippen molar-refractivity contribution < 1.29 is 14.3 Å². The summed E-state index contributed by atoms with van der Waals surface area (Å²) in [5.74, 6) is -0.127. The molecule has 3 rings (SSSR count). The second kappa shape index (κ2) is 10.4. The van der Waals surface area contributed by atoms with Crippen LogP contribution in [0.25, 0.3) is 0 Å². The number of imide groups is 1. The molecule has 31 heavy (non-hydrogen) atoms. The summed E-state index contributed by atoms with van der Waals surface area (Å²) in [5.41, 5.74) is 0.230. The third-order valence-electron chi connectivity index (χ3n) is 3.82. The van der Waals surface area contributed by atoms with Crippen LogP contribution in [0.15, 0.2) is 57.5 Å². The average molecular weight is 628 g/mol. The molecule has 0 unspecified atom stereocenters. The molecular weight excluding hydrogens is 618 g/mol. The summed E-state index contributed by atoms with van der Waals surface area (Å²) in [5, 5.41) is 4.86. The van der Waals surface area contributed by atoms with E-state index in [-0.39, 0.29) is 37.1 Å². The molecule has 0 aromatic heterocycles. The summed E-state index contributed by atoms with van der Waals surface area (Å²) in [6.45, 7) is 0. The second-order valence-corrected chi connectivity index (χ2v) is 9.27. The van der Waals surface area contributed by atoms with E-state index in [2.05, 4.69) is 42.5 Å². The third-order valence-corrected chi connectivity index (χ3v) is 6.39. The molecule has 0 saturated carbocycles. The van der Waals surface area contributed by atoms with E-state index < -0.39 is 11.9 Å². The van der Waals surface area contributed by atoms with Crippen LogP contribution in [0.5, 0.6) is 11.5 Å². The van der Waals surface area contributed by atoms with Gasteiger partial charge in [-0.3, -0.25) is 10.1 Å². The number of hydrogen-bond acceptors (Lipinski definition) is 3. The lowest BCUT2D eigenvalue weighted by molar-refractivity contribution is 0.0967. The van der Waals surface area contributed by atoms with E-state index in [4.69, 9.17) is 51.1 Å². The summed E-state index contributed by atoms with van der Waals surface area (Å²) >= 11 is 31.6. The first-order valence-electron chi connectivity index (χ1n) is 8.34. The van der Waals surface area contributed by atoms with Gasteiger partial charge < -0.3 is 10.1 Å². The maximum Gasteiger partial charge on any atom is 0.326 e. The fraction of sp³-hybridized carbons (Fsp3) is 0. The van der Waals surface area contributed by atoms with Crippen LogP contribution in [0, 0.1) is 0 Å². The van der Waals surface area contributed by atoms with Crippen molar-refractivity contribution >= 4 is 95.9 Å². The second-order valence-electron chi connectivity index (χ2n) is 5.93. The average Bonchev–Trinajstić information content (AvgIpc) is 2.70. The highest BCUT2D eigenvalue weighted by molar-refractivity contribution is 9.11. The number of urea groups is 1. The summed E-state index contributed by atoms with van der Waals surface area (Å²) in [6.07, 6.45) is 0. The lowest BCUT2D eigenvalue weighted by Crippen LogP contribution is -2.34. The number of benzene rings is 3. The quantitative estimate of drug-likeness (QED) is 0.285. The zero-order chi connectivity index (χ0) is 22.7. The molecule has 0 radical (unpaired) electrons. The highest BCUT2D eigenvalue weighted by Crippen LogP contribution is 2.46. The van der Waals surface area contributed by atoms with E-state index in [9.17, 15) is 9.59 Å². The summed E-state index contributed by atoms with van der Waals surface area (Å²) in [7, 11) is 0. The first-order chi connectivity index (χ1) is 14.7. The van der Waals surface area contributed by atoms with Crippen LogP contribution in [-0.4, -0.2) is 11.9 Å². The zero-order valence-electron chi connectivity index (χ0n) is 15.1. The molecule has 0 bridgehead atoms. The van der Waals surface area contributed by atoms with E-state index in [0.29, 0.717) is 10.2 Å². The number of ether oxygens (including phenoxy) is 1. The summed E-state index contributed by atoms with van der Waals surface area (Å²) in [6, 6.07) is 12.1. The molecule has 0 aliphatic heterocycles. The lowest BCUT2D eigenvalue weighted by Gasteiger charge is -2.15. The van der Waals surface area contributed by atoms with Crippen molar-refractivity contribution in [3.8, 4) is 11.5 Å². The lowest BCUT2D eigenvalue weighted by atomic mass is 10.2. The smallest absolute Gasteiger partial charge is 0.326 e. The fourth-order valence-corrected chi connectivity index (χ4v) is 4.47. The van der Waals surface area contributed by atoms with Crippen LogP contribution < -0.4 is 15.4 Å². The molecule has 0 fully saturated rings. The molecule has 2 N–H and O–H groups in total. The van der Waals surface area contributed by atoms with Crippen molar-refractivity contribution in [1.82, 2.24) is 5.32 Å². The first-order valence-corrected chi connectivity index (χ1v) is 11.4. The summed E-state index contributed by atoms with van der Waals surface area (Å²) < 4.78 is 7.29. The van der Waals surface area contributed by atoms with Crippen LogP contribution in [0.4, 0.5) is 10.5 Å². The van der Waals surface area contributed by atoms with Gasteiger partial charge in [0.25, 0.3) is 5.91 Å². The maximum absolute atomic E-state index is 12.3. The third kappa shape index (κ3) is 5.86. The minimum atomic E-state index is -0.844. The van der Waals surface area contributed by atoms with Gasteiger partial charge in [0.1, 0.15) is 10.8 Å². The van der Waals surface area contributed by atoms with E-state index in [1.807, 2.05) is 0 Å². The Morgan fingerprint density at radius 3 is 2.26 bits per heavy atom. The standard InChI is InChI=1S/C20H10Br2Cl4N2O3/c21-9-5-6-15(11(22)7-9)31-18-13(24)8-14(16(25)17(18)26)27-20(30)28-19(29)10-3-1-2-4-12(10)23/h1-8H,(H2,27,28,29,30). The number of rotatable bonds is 4. The molecule has 160 valence electrons. The van der Waals surface area contributed by atoms with Crippen LogP contribution in [0.1, 0.15) is 10.4 Å². The number of nitrogens with one attached hydrogen (secondary N) is 2. The predicted molar refractivity (Wildman–Crippen MR) is 131 cm³/mol. The molecule has 11 heteroatoms. The topological polar surface area (TPSA) is 67.4 Å². The van der Waals surface area contributed by atoms with E-state index in [1.54, 1.807) is 30.3 Å². The van der Waals surface area contributed by atoms with Gasteiger partial charge in [-0.1, -0.05) is 74.5 Å². The van der Waals surface area contributed by atoms with Crippen molar-refractivity contribution in [2.24, 2.45) is 0 Å². The summed E-state index contributed by atoms with van der Waals surface area (Å²) in [4.78, 5) is 24.5. The van der Waals surface area contributed by atoms with Crippen molar-refractivity contribution in [2.75, 3.05) is 5.32 Å². The van der Waals surface area contributed by atoms with Crippen LogP contribution in [0.3, 0.4) is 0 Å². The van der Waals surface area contributed by atoms with Gasteiger partial charge in [0.2, 0.25) is 0 Å². The molecule has 5 nitrogen and oxygen atoms in total. The van der Waals surface area contributed by atoms with E-state index >= 15 is 0 Å².